The maximum absolute atomic E-state index is 11.8. The zero-order chi connectivity index (χ0) is 14.5. The molecule has 1 heterocycles. The fourth-order valence-electron chi connectivity index (χ4n) is 2.27. The van der Waals surface area contributed by atoms with Crippen LogP contribution in [-0.2, 0) is 9.53 Å². The fraction of sp³-hybridized carbons (Fsp3) is 0.929. The molecule has 112 valence electrons. The molecule has 2 atom stereocenters. The molecule has 5 nitrogen and oxygen atoms in total. The number of ether oxygens (including phenoxy) is 1. The average Bonchev–Trinajstić information content (AvgIpc) is 2.35. The summed E-state index contributed by atoms with van der Waals surface area (Å²) in [5.41, 5.74) is 5.80. The van der Waals surface area contributed by atoms with E-state index in [1.54, 1.807) is 0 Å². The lowest BCUT2D eigenvalue weighted by molar-refractivity contribution is -0.123. The third-order valence-electron chi connectivity index (χ3n) is 3.79. The lowest BCUT2D eigenvalue weighted by Gasteiger charge is -2.38. The summed E-state index contributed by atoms with van der Waals surface area (Å²) in [6.45, 7) is 12.3. The van der Waals surface area contributed by atoms with Gasteiger partial charge in [0, 0.05) is 26.2 Å². The summed E-state index contributed by atoms with van der Waals surface area (Å²) in [4.78, 5) is 14.2. The van der Waals surface area contributed by atoms with E-state index in [0.717, 1.165) is 32.7 Å². The van der Waals surface area contributed by atoms with Crippen LogP contribution >= 0.6 is 0 Å². The van der Waals surface area contributed by atoms with Gasteiger partial charge in [-0.3, -0.25) is 9.69 Å². The molecule has 0 bridgehead atoms. The van der Waals surface area contributed by atoms with Crippen molar-refractivity contribution < 1.29 is 9.53 Å². The molecule has 0 aromatic carbocycles. The zero-order valence-corrected chi connectivity index (χ0v) is 12.7. The third kappa shape index (κ3) is 5.47. The van der Waals surface area contributed by atoms with E-state index in [1.807, 2.05) is 13.8 Å². The van der Waals surface area contributed by atoms with Gasteiger partial charge >= 0.3 is 0 Å². The Morgan fingerprint density at radius 2 is 2.21 bits per heavy atom. The summed E-state index contributed by atoms with van der Waals surface area (Å²) in [5, 5.41) is 2.93. The van der Waals surface area contributed by atoms with Crippen molar-refractivity contribution in [2.24, 2.45) is 11.7 Å². The first kappa shape index (κ1) is 16.4. The van der Waals surface area contributed by atoms with E-state index in [0.29, 0.717) is 6.54 Å². The predicted molar refractivity (Wildman–Crippen MR) is 76.9 cm³/mol. The van der Waals surface area contributed by atoms with Crippen LogP contribution in [0, 0.1) is 5.92 Å². The van der Waals surface area contributed by atoms with Crippen LogP contribution in [0.25, 0.3) is 0 Å². The molecule has 19 heavy (non-hydrogen) atoms. The molecule has 1 fully saturated rings. The standard InChI is InChI=1S/C14H29N3O2/c1-5-11(2)12(15)13(18)16-6-7-17-8-9-19-14(3,4)10-17/h11-12H,5-10,15H2,1-4H3,(H,16,18). The number of nitrogens with zero attached hydrogens (tertiary/aromatic N) is 1. The van der Waals surface area contributed by atoms with E-state index in [2.05, 4.69) is 24.1 Å². The van der Waals surface area contributed by atoms with Crippen LogP contribution in [0.1, 0.15) is 34.1 Å². The number of rotatable bonds is 6. The Bertz CT molecular complexity index is 294. The monoisotopic (exact) mass is 271 g/mol. The smallest absolute Gasteiger partial charge is 0.237 e. The lowest BCUT2D eigenvalue weighted by atomic mass is 9.99. The van der Waals surface area contributed by atoms with Crippen LogP contribution in [0.5, 0.6) is 0 Å². The lowest BCUT2D eigenvalue weighted by Crippen LogP contribution is -2.51. The van der Waals surface area contributed by atoms with E-state index in [1.165, 1.54) is 0 Å². The number of carbonyl (C=O) groups excluding carboxylic acids is 1. The molecule has 0 radical (unpaired) electrons. The van der Waals surface area contributed by atoms with Crippen LogP contribution in [0.4, 0.5) is 0 Å². The molecule has 1 aliphatic rings. The van der Waals surface area contributed by atoms with Crippen molar-refractivity contribution in [3.05, 3.63) is 0 Å². The Morgan fingerprint density at radius 1 is 1.53 bits per heavy atom. The van der Waals surface area contributed by atoms with Crippen molar-refractivity contribution in [2.75, 3.05) is 32.8 Å². The Kier molecular flexibility index (Phi) is 6.23. The van der Waals surface area contributed by atoms with Crippen LogP contribution in [-0.4, -0.2) is 55.2 Å². The molecule has 1 saturated heterocycles. The average molecular weight is 271 g/mol. The van der Waals surface area contributed by atoms with Crippen molar-refractivity contribution in [3.63, 3.8) is 0 Å². The van der Waals surface area contributed by atoms with Crippen molar-refractivity contribution in [3.8, 4) is 0 Å². The predicted octanol–water partition coefficient (Wildman–Crippen LogP) is 0.587. The topological polar surface area (TPSA) is 67.6 Å². The molecule has 5 heteroatoms. The van der Waals surface area contributed by atoms with Gasteiger partial charge < -0.3 is 15.8 Å². The largest absolute Gasteiger partial charge is 0.373 e. The first-order chi connectivity index (χ1) is 8.85. The first-order valence-corrected chi connectivity index (χ1v) is 7.25. The van der Waals surface area contributed by atoms with Gasteiger partial charge in [-0.05, 0) is 19.8 Å². The van der Waals surface area contributed by atoms with Crippen LogP contribution in [0.3, 0.4) is 0 Å². The molecule has 1 aliphatic heterocycles. The fourth-order valence-corrected chi connectivity index (χ4v) is 2.27. The quantitative estimate of drug-likeness (QED) is 0.742. The second-order valence-electron chi connectivity index (χ2n) is 6.09. The van der Waals surface area contributed by atoms with Crippen molar-refractivity contribution in [2.45, 2.75) is 45.8 Å². The van der Waals surface area contributed by atoms with Crippen molar-refractivity contribution in [1.29, 1.82) is 0 Å². The summed E-state index contributed by atoms with van der Waals surface area (Å²) in [5.74, 6) is 0.184. The number of nitrogens with two attached hydrogens (primary N) is 1. The number of morpholine rings is 1. The van der Waals surface area contributed by atoms with Gasteiger partial charge in [0.2, 0.25) is 5.91 Å². The molecule has 0 saturated carbocycles. The number of carbonyl (C=O) groups is 1. The number of nitrogens with one attached hydrogen (secondary N) is 1. The van der Waals surface area contributed by atoms with E-state index < -0.39 is 6.04 Å². The maximum atomic E-state index is 11.8. The van der Waals surface area contributed by atoms with E-state index in [9.17, 15) is 4.79 Å². The molecule has 3 N–H and O–H groups in total. The molecule has 0 aromatic heterocycles. The Hall–Kier alpha value is -0.650. The highest BCUT2D eigenvalue weighted by molar-refractivity contribution is 5.81. The minimum atomic E-state index is -0.397. The second-order valence-corrected chi connectivity index (χ2v) is 6.09. The van der Waals surface area contributed by atoms with Gasteiger partial charge in [0.1, 0.15) is 0 Å². The SMILES string of the molecule is CCC(C)C(N)C(=O)NCCN1CCOC(C)(C)C1. The molecule has 1 rings (SSSR count). The van der Waals surface area contributed by atoms with Gasteiger partial charge in [0.05, 0.1) is 18.2 Å². The van der Waals surface area contributed by atoms with E-state index >= 15 is 0 Å². The van der Waals surface area contributed by atoms with Gasteiger partial charge in [-0.2, -0.15) is 0 Å². The zero-order valence-electron chi connectivity index (χ0n) is 12.7. The molecule has 0 spiro atoms. The molecule has 0 aliphatic carbocycles. The van der Waals surface area contributed by atoms with Gasteiger partial charge in [-0.25, -0.2) is 0 Å². The summed E-state index contributed by atoms with van der Waals surface area (Å²) >= 11 is 0. The van der Waals surface area contributed by atoms with Gasteiger partial charge in [0.25, 0.3) is 0 Å². The highest BCUT2D eigenvalue weighted by Crippen LogP contribution is 2.15. The van der Waals surface area contributed by atoms with Crippen molar-refractivity contribution >= 4 is 5.91 Å². The molecule has 0 aromatic rings. The molecule has 1 amide bonds. The van der Waals surface area contributed by atoms with Gasteiger partial charge in [-0.15, -0.1) is 0 Å². The maximum Gasteiger partial charge on any atom is 0.237 e. The third-order valence-corrected chi connectivity index (χ3v) is 3.79. The van der Waals surface area contributed by atoms with Crippen molar-refractivity contribution in [1.82, 2.24) is 10.2 Å². The Morgan fingerprint density at radius 3 is 2.79 bits per heavy atom. The summed E-state index contributed by atoms with van der Waals surface area (Å²) in [6, 6.07) is -0.397. The van der Waals surface area contributed by atoms with Crippen LogP contribution in [0.15, 0.2) is 0 Å². The van der Waals surface area contributed by atoms with E-state index in [-0.39, 0.29) is 17.4 Å². The summed E-state index contributed by atoms with van der Waals surface area (Å²) in [7, 11) is 0. The molecule has 2 unspecified atom stereocenters. The van der Waals surface area contributed by atoms with Crippen LogP contribution < -0.4 is 11.1 Å². The number of amides is 1. The Labute approximate surface area is 116 Å². The van der Waals surface area contributed by atoms with Gasteiger partial charge in [-0.1, -0.05) is 20.3 Å². The molecular formula is C14H29N3O2. The summed E-state index contributed by atoms with van der Waals surface area (Å²) < 4.78 is 5.66. The first-order valence-electron chi connectivity index (χ1n) is 7.25. The summed E-state index contributed by atoms with van der Waals surface area (Å²) in [6.07, 6.45) is 0.923. The molecular weight excluding hydrogens is 242 g/mol. The highest BCUT2D eigenvalue weighted by atomic mass is 16.5. The number of hydrogen-bond donors (Lipinski definition) is 2. The highest BCUT2D eigenvalue weighted by Gasteiger charge is 2.27. The normalized spacial score (nSPS) is 22.8. The second kappa shape index (κ2) is 7.22. The van der Waals surface area contributed by atoms with E-state index in [4.69, 9.17) is 10.5 Å². The number of hydrogen-bond acceptors (Lipinski definition) is 4. The van der Waals surface area contributed by atoms with Crippen LogP contribution in [0.2, 0.25) is 0 Å². The minimum absolute atomic E-state index is 0.0399. The Balaban J connectivity index is 2.25. The minimum Gasteiger partial charge on any atom is -0.373 e. The van der Waals surface area contributed by atoms with Gasteiger partial charge in [0.15, 0.2) is 0 Å².